The molecule has 5 heteroatoms. The van der Waals surface area contributed by atoms with Crippen LogP contribution in [0.15, 0.2) is 0 Å². The molecule has 104 valence electrons. The Kier molecular flexibility index (Phi) is 3.30. The number of nitrogens with one attached hydrogen (secondary N) is 1. The smallest absolute Gasteiger partial charge is 0.311 e. The third kappa shape index (κ3) is 3.18. The lowest BCUT2D eigenvalue weighted by atomic mass is 10.0. The average molecular weight is 262 g/mol. The minimum Gasteiger partial charge on any atom is -0.311 e. The molecule has 18 heavy (non-hydrogen) atoms. The molecule has 3 rings (SSSR count). The molecule has 1 saturated heterocycles. The van der Waals surface area contributed by atoms with Crippen LogP contribution < -0.4 is 5.32 Å². The first-order chi connectivity index (χ1) is 8.53. The normalized spacial score (nSPS) is 34.8. The monoisotopic (exact) mass is 262 g/mol. The van der Waals surface area contributed by atoms with Gasteiger partial charge in [-0.3, -0.25) is 4.90 Å². The zero-order valence-electron chi connectivity index (χ0n) is 10.5. The molecule has 0 spiro atoms. The number of rotatable bonds is 4. The molecule has 0 bridgehead atoms. The number of halogens is 3. The highest BCUT2D eigenvalue weighted by molar-refractivity contribution is 4.99. The van der Waals surface area contributed by atoms with Crippen molar-refractivity contribution in [3.63, 3.8) is 0 Å². The van der Waals surface area contributed by atoms with Gasteiger partial charge in [0.1, 0.15) is 0 Å². The molecule has 0 aromatic carbocycles. The number of piperazine rings is 1. The van der Waals surface area contributed by atoms with E-state index in [4.69, 9.17) is 0 Å². The van der Waals surface area contributed by atoms with E-state index < -0.39 is 12.6 Å². The topological polar surface area (TPSA) is 15.3 Å². The van der Waals surface area contributed by atoms with E-state index in [9.17, 15) is 13.2 Å². The number of alkyl halides is 3. The maximum absolute atomic E-state index is 12.4. The highest BCUT2D eigenvalue weighted by Crippen LogP contribution is 2.40. The lowest BCUT2D eigenvalue weighted by Gasteiger charge is -2.41. The molecular formula is C13H21F3N2. The Hall–Kier alpha value is -0.290. The maximum atomic E-state index is 12.4. The van der Waals surface area contributed by atoms with E-state index in [0.29, 0.717) is 18.0 Å². The second kappa shape index (κ2) is 4.67. The Labute approximate surface area is 106 Å². The van der Waals surface area contributed by atoms with E-state index in [1.54, 1.807) is 0 Å². The van der Waals surface area contributed by atoms with Crippen LogP contribution in [-0.2, 0) is 0 Å². The average Bonchev–Trinajstić information content (AvgIpc) is 3.16. The molecule has 2 atom stereocenters. The van der Waals surface area contributed by atoms with Crippen LogP contribution in [0.2, 0.25) is 0 Å². The van der Waals surface area contributed by atoms with Crippen molar-refractivity contribution in [1.82, 2.24) is 10.2 Å². The van der Waals surface area contributed by atoms with Crippen LogP contribution in [-0.4, -0.2) is 42.8 Å². The van der Waals surface area contributed by atoms with Crippen molar-refractivity contribution in [2.45, 2.75) is 50.4 Å². The standard InChI is InChI=1S/C13H21F3N2/c14-13(15,16)5-6-18-8-11(9-1-2-9)17-7-12(18)10-3-4-10/h9-12,17H,1-8H2. The van der Waals surface area contributed by atoms with Crippen LogP contribution in [0, 0.1) is 11.8 Å². The van der Waals surface area contributed by atoms with E-state index in [0.717, 1.165) is 19.0 Å². The Morgan fingerprint density at radius 2 is 1.72 bits per heavy atom. The van der Waals surface area contributed by atoms with Crippen molar-refractivity contribution in [3.8, 4) is 0 Å². The van der Waals surface area contributed by atoms with Gasteiger partial charge in [-0.05, 0) is 37.5 Å². The van der Waals surface area contributed by atoms with Crippen LogP contribution in [0.3, 0.4) is 0 Å². The first-order valence-corrected chi connectivity index (χ1v) is 7.07. The van der Waals surface area contributed by atoms with Gasteiger partial charge in [-0.25, -0.2) is 0 Å². The van der Waals surface area contributed by atoms with Crippen molar-refractivity contribution in [2.24, 2.45) is 11.8 Å². The van der Waals surface area contributed by atoms with Crippen molar-refractivity contribution >= 4 is 0 Å². The van der Waals surface area contributed by atoms with Crippen molar-refractivity contribution < 1.29 is 13.2 Å². The predicted molar refractivity (Wildman–Crippen MR) is 63.3 cm³/mol. The summed E-state index contributed by atoms with van der Waals surface area (Å²) in [5.41, 5.74) is 0. The van der Waals surface area contributed by atoms with Crippen molar-refractivity contribution in [1.29, 1.82) is 0 Å². The summed E-state index contributed by atoms with van der Waals surface area (Å²) in [7, 11) is 0. The van der Waals surface area contributed by atoms with Crippen LogP contribution in [0.1, 0.15) is 32.1 Å². The Bertz CT molecular complexity index is 297. The summed E-state index contributed by atoms with van der Waals surface area (Å²) in [4.78, 5) is 2.12. The second-order valence-electron chi connectivity index (χ2n) is 6.12. The van der Waals surface area contributed by atoms with Gasteiger partial charge in [-0.15, -0.1) is 0 Å². The Morgan fingerprint density at radius 3 is 2.28 bits per heavy atom. The van der Waals surface area contributed by atoms with Gasteiger partial charge in [-0.2, -0.15) is 13.2 Å². The van der Waals surface area contributed by atoms with Crippen molar-refractivity contribution in [2.75, 3.05) is 19.6 Å². The van der Waals surface area contributed by atoms with Gasteiger partial charge in [0.15, 0.2) is 0 Å². The van der Waals surface area contributed by atoms with Crippen LogP contribution in [0.25, 0.3) is 0 Å². The van der Waals surface area contributed by atoms with Crippen molar-refractivity contribution in [3.05, 3.63) is 0 Å². The number of hydrogen-bond acceptors (Lipinski definition) is 2. The lowest BCUT2D eigenvalue weighted by Crippen LogP contribution is -2.58. The highest BCUT2D eigenvalue weighted by Gasteiger charge is 2.43. The minimum absolute atomic E-state index is 0.190. The second-order valence-corrected chi connectivity index (χ2v) is 6.12. The summed E-state index contributed by atoms with van der Waals surface area (Å²) in [6.07, 6.45) is 0.214. The quantitative estimate of drug-likeness (QED) is 0.837. The molecule has 3 aliphatic rings. The fourth-order valence-electron chi connectivity index (χ4n) is 3.14. The van der Waals surface area contributed by atoms with Gasteiger partial charge < -0.3 is 5.32 Å². The molecule has 2 nitrogen and oxygen atoms in total. The minimum atomic E-state index is -4.02. The molecule has 0 radical (unpaired) electrons. The molecule has 1 N–H and O–H groups in total. The Balaban J connectivity index is 1.57. The van der Waals surface area contributed by atoms with Crippen LogP contribution in [0.4, 0.5) is 13.2 Å². The zero-order valence-corrected chi connectivity index (χ0v) is 10.5. The summed E-state index contributed by atoms with van der Waals surface area (Å²) >= 11 is 0. The number of hydrogen-bond donors (Lipinski definition) is 1. The summed E-state index contributed by atoms with van der Waals surface area (Å²) in [5, 5.41) is 3.56. The molecule has 0 amide bonds. The summed E-state index contributed by atoms with van der Waals surface area (Å²) in [5.74, 6) is 1.37. The Morgan fingerprint density at radius 1 is 1.06 bits per heavy atom. The van der Waals surface area contributed by atoms with E-state index in [-0.39, 0.29) is 6.54 Å². The summed E-state index contributed by atoms with van der Waals surface area (Å²) in [6, 6.07) is 0.788. The van der Waals surface area contributed by atoms with Crippen LogP contribution in [0.5, 0.6) is 0 Å². The molecular weight excluding hydrogens is 241 g/mol. The molecule has 0 aromatic heterocycles. The number of nitrogens with zero attached hydrogens (tertiary/aromatic N) is 1. The molecule has 0 aromatic rings. The fraction of sp³-hybridized carbons (Fsp3) is 1.00. The highest BCUT2D eigenvalue weighted by atomic mass is 19.4. The summed E-state index contributed by atoms with van der Waals surface area (Å²) in [6.45, 7) is 1.90. The van der Waals surface area contributed by atoms with E-state index in [1.165, 1.54) is 25.7 Å². The van der Waals surface area contributed by atoms with Gasteiger partial charge in [-0.1, -0.05) is 0 Å². The van der Waals surface area contributed by atoms with Gasteiger partial charge in [0.2, 0.25) is 0 Å². The SMILES string of the molecule is FC(F)(F)CCN1CC(C2CC2)NCC1C1CC1. The fourth-order valence-corrected chi connectivity index (χ4v) is 3.14. The first kappa shape index (κ1) is 12.7. The molecule has 2 saturated carbocycles. The maximum Gasteiger partial charge on any atom is 0.390 e. The van der Waals surface area contributed by atoms with Gasteiger partial charge in [0, 0.05) is 31.7 Å². The third-order valence-corrected chi connectivity index (χ3v) is 4.53. The molecule has 3 fully saturated rings. The first-order valence-electron chi connectivity index (χ1n) is 7.07. The van der Waals surface area contributed by atoms with E-state index in [1.807, 2.05) is 0 Å². The van der Waals surface area contributed by atoms with Crippen LogP contribution >= 0.6 is 0 Å². The molecule has 1 heterocycles. The van der Waals surface area contributed by atoms with E-state index >= 15 is 0 Å². The molecule has 2 aliphatic carbocycles. The van der Waals surface area contributed by atoms with E-state index in [2.05, 4.69) is 10.2 Å². The van der Waals surface area contributed by atoms with Gasteiger partial charge >= 0.3 is 6.18 Å². The third-order valence-electron chi connectivity index (χ3n) is 4.53. The van der Waals surface area contributed by atoms with Gasteiger partial charge in [0.05, 0.1) is 6.42 Å². The zero-order chi connectivity index (χ0) is 12.8. The molecule has 2 unspecified atom stereocenters. The van der Waals surface area contributed by atoms with Gasteiger partial charge in [0.25, 0.3) is 0 Å². The molecule has 1 aliphatic heterocycles. The largest absolute Gasteiger partial charge is 0.390 e. The predicted octanol–water partition coefficient (Wildman–Crippen LogP) is 2.40. The lowest BCUT2D eigenvalue weighted by molar-refractivity contribution is -0.140. The summed E-state index contributed by atoms with van der Waals surface area (Å²) < 4.78 is 37.1.